The Labute approximate surface area is 247 Å². The van der Waals surface area contributed by atoms with Crippen molar-refractivity contribution in [1.29, 1.82) is 0 Å². The minimum atomic E-state index is -0.799. The van der Waals surface area contributed by atoms with Gasteiger partial charge in [0.05, 0.1) is 24.7 Å². The largest absolute Gasteiger partial charge is 0.483 e. The Hall–Kier alpha value is -3.31. The van der Waals surface area contributed by atoms with E-state index in [0.717, 1.165) is 13.1 Å². The summed E-state index contributed by atoms with van der Waals surface area (Å²) < 4.78 is 35.8. The fourth-order valence-corrected chi connectivity index (χ4v) is 5.88. The predicted molar refractivity (Wildman–Crippen MR) is 155 cm³/mol. The number of hydrogen-bond acceptors (Lipinski definition) is 9. The average molecular weight is 601 g/mol. The van der Waals surface area contributed by atoms with Crippen LogP contribution in [0.4, 0.5) is 4.39 Å². The third kappa shape index (κ3) is 7.36. The van der Waals surface area contributed by atoms with E-state index in [-0.39, 0.29) is 40.6 Å². The molecule has 5 rings (SSSR count). The van der Waals surface area contributed by atoms with Crippen LogP contribution < -0.4 is 15.7 Å². The van der Waals surface area contributed by atoms with Crippen molar-refractivity contribution in [3.05, 3.63) is 63.7 Å². The Morgan fingerprint density at radius 1 is 1.14 bits per heavy atom. The number of carbonyl (C=O) groups excluding carboxylic acids is 2. The van der Waals surface area contributed by atoms with Crippen molar-refractivity contribution < 1.29 is 32.6 Å². The minimum Gasteiger partial charge on any atom is -0.483 e. The number of ketones is 1. The normalized spacial score (nSPS) is 20.3. The van der Waals surface area contributed by atoms with Gasteiger partial charge in [-0.05, 0) is 62.7 Å². The topological polar surface area (TPSA) is 107 Å². The second-order valence-corrected chi connectivity index (χ2v) is 11.1. The zero-order valence-electron chi connectivity index (χ0n) is 23.4. The van der Waals surface area contributed by atoms with Gasteiger partial charge in [0.1, 0.15) is 23.8 Å². The van der Waals surface area contributed by atoms with Gasteiger partial charge in [0.2, 0.25) is 0 Å². The smallest absolute Gasteiger partial charge is 0.336 e. The number of Topliss-reactive ketones (excluding diaryl/α,β-unsaturated/α-hetero) is 1. The number of nitrogens with one attached hydrogen (secondary N) is 1. The summed E-state index contributed by atoms with van der Waals surface area (Å²) in [6, 6.07) is 10.2. The van der Waals surface area contributed by atoms with Crippen LogP contribution in [0.2, 0.25) is 5.02 Å². The van der Waals surface area contributed by atoms with Crippen LogP contribution in [-0.4, -0.2) is 75.3 Å². The fraction of sp³-hybridized carbons (Fsp3) is 0.452. The summed E-state index contributed by atoms with van der Waals surface area (Å²) >= 11 is 6.25. The predicted octanol–water partition coefficient (Wildman–Crippen LogP) is 4.08. The molecule has 0 amide bonds. The number of rotatable bonds is 10. The molecule has 9 nitrogen and oxygen atoms in total. The highest BCUT2D eigenvalue weighted by Gasteiger charge is 2.35. The Kier molecular flexibility index (Phi) is 9.89. The van der Waals surface area contributed by atoms with E-state index in [1.165, 1.54) is 24.3 Å². The molecule has 2 fully saturated rings. The zero-order valence-corrected chi connectivity index (χ0v) is 24.2. The van der Waals surface area contributed by atoms with Crippen LogP contribution in [0.5, 0.6) is 5.75 Å². The summed E-state index contributed by atoms with van der Waals surface area (Å²) in [5.74, 6) is -1.12. The van der Waals surface area contributed by atoms with Crippen LogP contribution in [0, 0.1) is 17.7 Å². The third-order valence-corrected chi connectivity index (χ3v) is 8.14. The molecule has 3 aromatic rings. The molecule has 2 aliphatic rings. The van der Waals surface area contributed by atoms with E-state index in [1.54, 1.807) is 25.1 Å². The monoisotopic (exact) mass is 600 g/mol. The van der Waals surface area contributed by atoms with Crippen LogP contribution in [0.1, 0.15) is 19.8 Å². The van der Waals surface area contributed by atoms with Crippen LogP contribution >= 0.6 is 11.6 Å². The average Bonchev–Trinajstić information content (AvgIpc) is 2.97. The molecule has 3 heterocycles. The second-order valence-electron chi connectivity index (χ2n) is 10.7. The van der Waals surface area contributed by atoms with E-state index in [1.807, 2.05) is 0 Å². The SMILES string of the molecule is CC(Oc1ccc2c(-c3ccc(F)cc3Cl)cc(=O)oc2c1)C(=O)C1CCNC[C@@H]1CC(=O)OCCN1CCOCC1. The van der Waals surface area contributed by atoms with Gasteiger partial charge in [0.25, 0.3) is 0 Å². The first-order valence-electron chi connectivity index (χ1n) is 14.2. The molecule has 224 valence electrons. The van der Waals surface area contributed by atoms with Gasteiger partial charge in [0, 0.05) is 54.2 Å². The van der Waals surface area contributed by atoms with E-state index in [2.05, 4.69) is 10.2 Å². The van der Waals surface area contributed by atoms with Gasteiger partial charge in [-0.15, -0.1) is 0 Å². The lowest BCUT2D eigenvalue weighted by atomic mass is 9.80. The molecule has 0 saturated carbocycles. The van der Waals surface area contributed by atoms with Gasteiger partial charge in [-0.1, -0.05) is 11.6 Å². The van der Waals surface area contributed by atoms with Gasteiger partial charge in [0.15, 0.2) is 11.9 Å². The first kappa shape index (κ1) is 30.2. The molecule has 11 heteroatoms. The van der Waals surface area contributed by atoms with Crippen molar-refractivity contribution in [2.45, 2.75) is 25.9 Å². The van der Waals surface area contributed by atoms with Gasteiger partial charge >= 0.3 is 11.6 Å². The summed E-state index contributed by atoms with van der Waals surface area (Å²) in [4.78, 5) is 40.6. The fourth-order valence-electron chi connectivity index (χ4n) is 5.61. The number of carbonyl (C=O) groups is 2. The molecule has 2 unspecified atom stereocenters. The molecule has 0 bridgehead atoms. The number of halogens is 2. The molecule has 1 aromatic heterocycles. The van der Waals surface area contributed by atoms with Crippen LogP contribution in [0.25, 0.3) is 22.1 Å². The number of nitrogens with zero attached hydrogens (tertiary/aromatic N) is 1. The van der Waals surface area contributed by atoms with E-state index >= 15 is 0 Å². The minimum absolute atomic E-state index is 0.101. The summed E-state index contributed by atoms with van der Waals surface area (Å²) in [7, 11) is 0. The Morgan fingerprint density at radius 3 is 2.74 bits per heavy atom. The van der Waals surface area contributed by atoms with Gasteiger partial charge < -0.3 is 23.9 Å². The van der Waals surface area contributed by atoms with Crippen molar-refractivity contribution in [3.63, 3.8) is 0 Å². The molecule has 42 heavy (non-hydrogen) atoms. The number of fused-ring (bicyclic) bond motifs is 1. The molecular formula is C31H34ClFN2O7. The molecule has 0 spiro atoms. The first-order chi connectivity index (χ1) is 20.3. The molecule has 1 N–H and O–H groups in total. The van der Waals surface area contributed by atoms with Crippen molar-refractivity contribution >= 4 is 34.3 Å². The van der Waals surface area contributed by atoms with Crippen LogP contribution in [0.3, 0.4) is 0 Å². The summed E-state index contributed by atoms with van der Waals surface area (Å²) in [6.45, 7) is 6.88. The van der Waals surface area contributed by atoms with Gasteiger partial charge in [-0.3, -0.25) is 14.5 Å². The van der Waals surface area contributed by atoms with Crippen molar-refractivity contribution in [2.75, 3.05) is 52.5 Å². The summed E-state index contributed by atoms with van der Waals surface area (Å²) in [6.07, 6.45) is -0.0614. The molecule has 2 saturated heterocycles. The summed E-state index contributed by atoms with van der Waals surface area (Å²) in [5, 5.41) is 4.03. The van der Waals surface area contributed by atoms with Gasteiger partial charge in [-0.25, -0.2) is 9.18 Å². The van der Waals surface area contributed by atoms with E-state index in [9.17, 15) is 18.8 Å². The quantitative estimate of drug-likeness (QED) is 0.272. The van der Waals surface area contributed by atoms with Crippen LogP contribution in [0.15, 0.2) is 51.7 Å². The first-order valence-corrected chi connectivity index (χ1v) is 14.6. The Morgan fingerprint density at radius 2 is 1.95 bits per heavy atom. The maximum Gasteiger partial charge on any atom is 0.336 e. The molecular weight excluding hydrogens is 567 g/mol. The molecule has 2 aliphatic heterocycles. The number of esters is 1. The van der Waals surface area contributed by atoms with E-state index in [4.69, 9.17) is 30.2 Å². The number of benzene rings is 2. The molecule has 3 atom stereocenters. The molecule has 0 aliphatic carbocycles. The Balaban J connectivity index is 1.23. The maximum atomic E-state index is 13.6. The third-order valence-electron chi connectivity index (χ3n) is 7.83. The molecule has 2 aromatic carbocycles. The standard InChI is InChI=1S/C31H34ClFN2O7/c1-19(31(38)23-6-7-34-18-20(23)14-29(36)40-13-10-35-8-11-39-12-9-35)41-22-3-5-25-26(17-30(37)42-28(25)16-22)24-4-2-21(33)15-27(24)32/h2-5,15-17,19-20,23,34H,6-14,18H2,1H3/t19?,20-,23?/m0/s1. The number of hydrogen-bond donors (Lipinski definition) is 1. The summed E-state index contributed by atoms with van der Waals surface area (Å²) in [5.41, 5.74) is 0.629. The maximum absolute atomic E-state index is 13.6. The van der Waals surface area contributed by atoms with Crippen molar-refractivity contribution in [1.82, 2.24) is 10.2 Å². The van der Waals surface area contributed by atoms with Crippen molar-refractivity contribution in [2.24, 2.45) is 11.8 Å². The highest BCUT2D eigenvalue weighted by Crippen LogP contribution is 2.35. The lowest BCUT2D eigenvalue weighted by Crippen LogP contribution is -2.45. The highest BCUT2D eigenvalue weighted by molar-refractivity contribution is 6.33. The van der Waals surface area contributed by atoms with E-state index in [0.29, 0.717) is 68.1 Å². The Bertz CT molecular complexity index is 1490. The number of ether oxygens (including phenoxy) is 3. The lowest BCUT2D eigenvalue weighted by molar-refractivity contribution is -0.146. The molecule has 0 radical (unpaired) electrons. The van der Waals surface area contributed by atoms with Gasteiger partial charge in [-0.2, -0.15) is 0 Å². The van der Waals surface area contributed by atoms with Crippen LogP contribution in [-0.2, 0) is 19.1 Å². The van der Waals surface area contributed by atoms with E-state index < -0.39 is 17.5 Å². The highest BCUT2D eigenvalue weighted by atomic mass is 35.5. The number of piperidine rings is 1. The lowest BCUT2D eigenvalue weighted by Gasteiger charge is -2.32. The zero-order chi connectivity index (χ0) is 29.6. The second kappa shape index (κ2) is 13.8. The number of morpholine rings is 1. The van der Waals surface area contributed by atoms with Crippen molar-refractivity contribution in [3.8, 4) is 16.9 Å².